The Balaban J connectivity index is 2.31. The summed E-state index contributed by atoms with van der Waals surface area (Å²) in [6.07, 6.45) is -2.62. The van der Waals surface area contributed by atoms with Crippen molar-refractivity contribution in [2.45, 2.75) is 6.18 Å². The lowest BCUT2D eigenvalue weighted by atomic mass is 10.1. The summed E-state index contributed by atoms with van der Waals surface area (Å²) in [7, 11) is 0. The average molecular weight is 283 g/mol. The van der Waals surface area contributed by atoms with Crippen LogP contribution in [0.25, 0.3) is 17.4 Å². The second kappa shape index (κ2) is 5.20. The van der Waals surface area contributed by atoms with Crippen molar-refractivity contribution >= 4 is 6.08 Å². The van der Waals surface area contributed by atoms with Crippen LogP contribution in [0, 0.1) is 10.1 Å². The van der Waals surface area contributed by atoms with Crippen LogP contribution in [0.15, 0.2) is 47.0 Å². The molecule has 2 rings (SSSR count). The zero-order valence-electron chi connectivity index (χ0n) is 9.92. The summed E-state index contributed by atoms with van der Waals surface area (Å²) in [5, 5.41) is 10.2. The highest BCUT2D eigenvalue weighted by molar-refractivity contribution is 5.60. The summed E-state index contributed by atoms with van der Waals surface area (Å²) in [6.45, 7) is 0. The van der Waals surface area contributed by atoms with Crippen LogP contribution in [0.3, 0.4) is 0 Å². The molecule has 0 saturated carbocycles. The molecule has 1 heterocycles. The molecule has 0 aliphatic rings. The van der Waals surface area contributed by atoms with Crippen molar-refractivity contribution in [2.24, 2.45) is 0 Å². The highest BCUT2D eigenvalue weighted by Gasteiger charge is 2.30. The Labute approximate surface area is 111 Å². The number of nitro groups is 1. The standard InChI is InChI=1S/C13H8F3NO3/c14-13(15,16)10-3-1-2-9(8-10)12-5-4-11(20-12)6-7-17(18)19/h1-8H/b7-6+. The van der Waals surface area contributed by atoms with E-state index in [0.717, 1.165) is 18.2 Å². The molecule has 1 aromatic heterocycles. The molecule has 0 aliphatic carbocycles. The van der Waals surface area contributed by atoms with Crippen LogP contribution in [0.4, 0.5) is 13.2 Å². The first-order valence-corrected chi connectivity index (χ1v) is 5.45. The molecular weight excluding hydrogens is 275 g/mol. The molecule has 0 fully saturated rings. The number of rotatable bonds is 3. The predicted octanol–water partition coefficient (Wildman–Crippen LogP) is 4.21. The van der Waals surface area contributed by atoms with Crippen molar-refractivity contribution in [3.05, 3.63) is 64.0 Å². The van der Waals surface area contributed by atoms with Crippen molar-refractivity contribution in [1.82, 2.24) is 0 Å². The second-order valence-corrected chi connectivity index (χ2v) is 3.88. The maximum atomic E-state index is 12.6. The third-order valence-electron chi connectivity index (χ3n) is 2.46. The van der Waals surface area contributed by atoms with Gasteiger partial charge >= 0.3 is 6.18 Å². The van der Waals surface area contributed by atoms with E-state index in [1.807, 2.05) is 0 Å². The minimum atomic E-state index is -4.43. The predicted molar refractivity (Wildman–Crippen MR) is 65.2 cm³/mol. The van der Waals surface area contributed by atoms with Crippen LogP contribution in [-0.4, -0.2) is 4.92 Å². The molecule has 0 spiro atoms. The summed E-state index contributed by atoms with van der Waals surface area (Å²) in [5.41, 5.74) is -0.533. The molecule has 2 aromatic rings. The van der Waals surface area contributed by atoms with E-state index in [1.165, 1.54) is 24.3 Å². The van der Waals surface area contributed by atoms with Gasteiger partial charge in [0.25, 0.3) is 0 Å². The molecular formula is C13H8F3NO3. The molecule has 0 atom stereocenters. The Kier molecular flexibility index (Phi) is 3.60. The summed E-state index contributed by atoms with van der Waals surface area (Å²) in [4.78, 5) is 9.50. The smallest absolute Gasteiger partial charge is 0.416 e. The summed E-state index contributed by atoms with van der Waals surface area (Å²) < 4.78 is 43.0. The Morgan fingerprint density at radius 1 is 1.20 bits per heavy atom. The van der Waals surface area contributed by atoms with Gasteiger partial charge in [-0.2, -0.15) is 13.2 Å². The largest absolute Gasteiger partial charge is 0.457 e. The number of benzene rings is 1. The normalized spacial score (nSPS) is 11.9. The van der Waals surface area contributed by atoms with Crippen molar-refractivity contribution in [3.63, 3.8) is 0 Å². The van der Waals surface area contributed by atoms with Gasteiger partial charge in [0.1, 0.15) is 11.5 Å². The molecule has 0 aliphatic heterocycles. The lowest BCUT2D eigenvalue weighted by Gasteiger charge is -2.07. The van der Waals surface area contributed by atoms with Crippen molar-refractivity contribution in [2.75, 3.05) is 0 Å². The fourth-order valence-corrected chi connectivity index (χ4v) is 1.58. The van der Waals surface area contributed by atoms with Crippen LogP contribution >= 0.6 is 0 Å². The number of hydrogen-bond donors (Lipinski definition) is 0. The first-order chi connectivity index (χ1) is 9.36. The topological polar surface area (TPSA) is 56.3 Å². The Hall–Kier alpha value is -2.57. The fourth-order valence-electron chi connectivity index (χ4n) is 1.58. The summed E-state index contributed by atoms with van der Waals surface area (Å²) >= 11 is 0. The van der Waals surface area contributed by atoms with Crippen LogP contribution < -0.4 is 0 Å². The molecule has 4 nitrogen and oxygen atoms in total. The van der Waals surface area contributed by atoms with Gasteiger partial charge in [-0.05, 0) is 24.3 Å². The molecule has 1 aromatic carbocycles. The first kappa shape index (κ1) is 13.9. The number of hydrogen-bond acceptors (Lipinski definition) is 3. The SMILES string of the molecule is O=[N+]([O-])/C=C/c1ccc(-c2cccc(C(F)(F)F)c2)o1. The number of alkyl halides is 3. The van der Waals surface area contributed by atoms with Gasteiger partial charge in [-0.15, -0.1) is 0 Å². The van der Waals surface area contributed by atoms with Gasteiger partial charge in [0, 0.05) is 5.56 Å². The Morgan fingerprint density at radius 2 is 1.95 bits per heavy atom. The van der Waals surface area contributed by atoms with Crippen LogP contribution in [0.2, 0.25) is 0 Å². The van der Waals surface area contributed by atoms with E-state index in [0.29, 0.717) is 6.20 Å². The summed E-state index contributed by atoms with van der Waals surface area (Å²) in [6, 6.07) is 7.55. The van der Waals surface area contributed by atoms with Crippen LogP contribution in [0.1, 0.15) is 11.3 Å². The van der Waals surface area contributed by atoms with E-state index in [-0.39, 0.29) is 17.1 Å². The van der Waals surface area contributed by atoms with Gasteiger partial charge < -0.3 is 4.42 Å². The maximum Gasteiger partial charge on any atom is 0.416 e. The minimum Gasteiger partial charge on any atom is -0.457 e. The molecule has 0 unspecified atom stereocenters. The lowest BCUT2D eigenvalue weighted by molar-refractivity contribution is -0.401. The van der Waals surface area contributed by atoms with Crippen molar-refractivity contribution in [3.8, 4) is 11.3 Å². The molecule has 0 radical (unpaired) electrons. The molecule has 0 amide bonds. The van der Waals surface area contributed by atoms with Gasteiger partial charge in [0.15, 0.2) is 0 Å². The van der Waals surface area contributed by atoms with E-state index in [1.54, 1.807) is 0 Å². The van der Waals surface area contributed by atoms with Gasteiger partial charge in [0.05, 0.1) is 16.6 Å². The third kappa shape index (κ3) is 3.25. The fraction of sp³-hybridized carbons (Fsp3) is 0.0769. The monoisotopic (exact) mass is 283 g/mol. The summed E-state index contributed by atoms with van der Waals surface area (Å²) in [5.74, 6) is 0.396. The maximum absolute atomic E-state index is 12.6. The highest BCUT2D eigenvalue weighted by Crippen LogP contribution is 2.32. The molecule has 20 heavy (non-hydrogen) atoms. The van der Waals surface area contributed by atoms with Crippen molar-refractivity contribution in [1.29, 1.82) is 0 Å². The van der Waals surface area contributed by atoms with Crippen LogP contribution in [-0.2, 0) is 6.18 Å². The van der Waals surface area contributed by atoms with E-state index in [2.05, 4.69) is 0 Å². The zero-order chi connectivity index (χ0) is 14.8. The molecule has 7 heteroatoms. The zero-order valence-corrected chi connectivity index (χ0v) is 9.92. The third-order valence-corrected chi connectivity index (χ3v) is 2.46. The van der Waals surface area contributed by atoms with Crippen molar-refractivity contribution < 1.29 is 22.5 Å². The number of furan rings is 1. The van der Waals surface area contributed by atoms with Gasteiger partial charge in [-0.3, -0.25) is 10.1 Å². The number of halogens is 3. The van der Waals surface area contributed by atoms with E-state index < -0.39 is 16.7 Å². The van der Waals surface area contributed by atoms with Gasteiger partial charge in [-0.1, -0.05) is 12.1 Å². The van der Waals surface area contributed by atoms with Crippen LogP contribution in [0.5, 0.6) is 0 Å². The minimum absolute atomic E-state index is 0.189. The highest BCUT2D eigenvalue weighted by atomic mass is 19.4. The first-order valence-electron chi connectivity index (χ1n) is 5.45. The van der Waals surface area contributed by atoms with Gasteiger partial charge in [-0.25, -0.2) is 0 Å². The lowest BCUT2D eigenvalue weighted by Crippen LogP contribution is -2.04. The van der Waals surface area contributed by atoms with Gasteiger partial charge in [0.2, 0.25) is 6.20 Å². The number of nitrogens with zero attached hydrogens (tertiary/aromatic N) is 1. The average Bonchev–Trinajstić information content (AvgIpc) is 2.84. The molecule has 0 saturated heterocycles. The molecule has 0 N–H and O–H groups in total. The van der Waals surface area contributed by atoms with E-state index in [9.17, 15) is 23.3 Å². The molecule has 0 bridgehead atoms. The Bertz CT molecular complexity index is 659. The molecule has 104 valence electrons. The Morgan fingerprint density at radius 3 is 2.60 bits per heavy atom. The van der Waals surface area contributed by atoms with E-state index >= 15 is 0 Å². The van der Waals surface area contributed by atoms with E-state index in [4.69, 9.17) is 4.42 Å². The quantitative estimate of drug-likeness (QED) is 0.626. The second-order valence-electron chi connectivity index (χ2n) is 3.88.